The van der Waals surface area contributed by atoms with Crippen LogP contribution < -0.4 is 4.74 Å². The normalized spacial score (nSPS) is 33.1. The number of allylic oxidation sites excluding steroid dienone is 2. The number of nitrogens with zero attached hydrogens (tertiary/aromatic N) is 2. The number of likely N-dealkylation sites (tertiary alicyclic amines) is 2. The number of methoxy groups -OCH3 is 1. The van der Waals surface area contributed by atoms with Crippen LogP contribution in [0.15, 0.2) is 36.4 Å². The molecule has 0 radical (unpaired) electrons. The minimum absolute atomic E-state index is 0.0345. The molecular weight excluding hydrogens is 356 g/mol. The molecule has 1 aromatic rings. The zero-order valence-electron chi connectivity index (χ0n) is 15.9. The van der Waals surface area contributed by atoms with Crippen molar-refractivity contribution in [2.45, 2.75) is 25.3 Å². The fraction of sp³-hybridized carbons (Fsp3) is 0.500. The van der Waals surface area contributed by atoms with E-state index in [0.717, 1.165) is 30.6 Å². The topological polar surface area (TPSA) is 66.9 Å². The average molecular weight is 380 g/mol. The van der Waals surface area contributed by atoms with Crippen LogP contribution in [-0.4, -0.2) is 47.7 Å². The number of imide groups is 1. The smallest absolute Gasteiger partial charge is 0.243 e. The second-order valence-corrected chi connectivity index (χ2v) is 8.28. The zero-order chi connectivity index (χ0) is 19.4. The van der Waals surface area contributed by atoms with E-state index in [2.05, 4.69) is 12.2 Å². The molecule has 6 heteroatoms. The van der Waals surface area contributed by atoms with Crippen molar-refractivity contribution in [2.24, 2.45) is 23.7 Å². The van der Waals surface area contributed by atoms with Crippen molar-refractivity contribution in [1.29, 1.82) is 0 Å². The van der Waals surface area contributed by atoms with E-state index in [1.807, 2.05) is 29.2 Å². The largest absolute Gasteiger partial charge is 0.497 e. The van der Waals surface area contributed by atoms with Crippen LogP contribution in [0.25, 0.3) is 0 Å². The van der Waals surface area contributed by atoms with Gasteiger partial charge in [-0.25, -0.2) is 0 Å². The minimum Gasteiger partial charge on any atom is -0.497 e. The highest BCUT2D eigenvalue weighted by molar-refractivity contribution is 6.08. The standard InChI is InChI=1S/C22H24N2O4/c1-28-16-5-2-4-13(11-16)17-6-3-9-23(17)18(25)12-24-21(26)19-14-7-8-15(10-14)20(19)22(24)27/h2,4-5,7-8,11,14-15,17,19-20H,3,6,9-10,12H2,1H3. The summed E-state index contributed by atoms with van der Waals surface area (Å²) in [7, 11) is 1.63. The predicted molar refractivity (Wildman–Crippen MR) is 101 cm³/mol. The molecule has 6 nitrogen and oxygen atoms in total. The summed E-state index contributed by atoms with van der Waals surface area (Å²) in [6, 6.07) is 7.72. The van der Waals surface area contributed by atoms with Crippen LogP contribution in [0.4, 0.5) is 0 Å². The Kier molecular flexibility index (Phi) is 4.03. The second kappa shape index (κ2) is 6.47. The Morgan fingerprint density at radius 1 is 1.14 bits per heavy atom. The molecule has 2 heterocycles. The molecule has 4 aliphatic rings. The number of fused-ring (bicyclic) bond motifs is 5. The first-order valence-corrected chi connectivity index (χ1v) is 10.1. The molecule has 5 atom stereocenters. The van der Waals surface area contributed by atoms with Gasteiger partial charge in [0, 0.05) is 6.54 Å². The monoisotopic (exact) mass is 380 g/mol. The van der Waals surface area contributed by atoms with E-state index in [4.69, 9.17) is 4.74 Å². The van der Waals surface area contributed by atoms with Crippen LogP contribution in [0, 0.1) is 23.7 Å². The summed E-state index contributed by atoms with van der Waals surface area (Å²) >= 11 is 0. The van der Waals surface area contributed by atoms with Crippen molar-refractivity contribution in [1.82, 2.24) is 9.80 Å². The quantitative estimate of drug-likeness (QED) is 0.593. The molecular formula is C22H24N2O4. The van der Waals surface area contributed by atoms with Gasteiger partial charge in [0.05, 0.1) is 25.0 Å². The lowest BCUT2D eigenvalue weighted by Crippen LogP contribution is -2.43. The van der Waals surface area contributed by atoms with Gasteiger partial charge in [0.15, 0.2) is 0 Å². The molecule has 5 unspecified atom stereocenters. The third kappa shape index (κ3) is 2.50. The Hall–Kier alpha value is -2.63. The van der Waals surface area contributed by atoms with E-state index in [1.54, 1.807) is 7.11 Å². The maximum Gasteiger partial charge on any atom is 0.243 e. The molecule has 1 aromatic carbocycles. The van der Waals surface area contributed by atoms with Gasteiger partial charge < -0.3 is 9.64 Å². The molecule has 0 spiro atoms. The van der Waals surface area contributed by atoms with Gasteiger partial charge in [-0.2, -0.15) is 0 Å². The fourth-order valence-corrected chi connectivity index (χ4v) is 5.61. The number of benzene rings is 1. The molecule has 28 heavy (non-hydrogen) atoms. The Bertz CT molecular complexity index is 849. The lowest BCUT2D eigenvalue weighted by atomic mass is 9.85. The zero-order valence-corrected chi connectivity index (χ0v) is 15.9. The lowest BCUT2D eigenvalue weighted by Gasteiger charge is -2.27. The number of carbonyl (C=O) groups is 3. The highest BCUT2D eigenvalue weighted by atomic mass is 16.5. The summed E-state index contributed by atoms with van der Waals surface area (Å²) in [6.07, 6.45) is 6.83. The van der Waals surface area contributed by atoms with Gasteiger partial charge in [-0.05, 0) is 48.8 Å². The Labute approximate surface area is 164 Å². The van der Waals surface area contributed by atoms with Gasteiger partial charge in [0.25, 0.3) is 0 Å². The third-order valence-corrected chi connectivity index (χ3v) is 6.91. The van der Waals surface area contributed by atoms with Gasteiger partial charge in [-0.15, -0.1) is 0 Å². The highest BCUT2D eigenvalue weighted by Crippen LogP contribution is 2.52. The predicted octanol–water partition coefficient (Wildman–Crippen LogP) is 2.17. The van der Waals surface area contributed by atoms with Crippen molar-refractivity contribution in [3.8, 4) is 5.75 Å². The highest BCUT2D eigenvalue weighted by Gasteiger charge is 2.59. The average Bonchev–Trinajstić information content (AvgIpc) is 3.48. The number of rotatable bonds is 4. The second-order valence-electron chi connectivity index (χ2n) is 8.28. The molecule has 2 aliphatic carbocycles. The number of ether oxygens (including phenoxy) is 1. The van der Waals surface area contributed by atoms with Crippen LogP contribution in [0.2, 0.25) is 0 Å². The molecule has 0 aromatic heterocycles. The molecule has 3 amide bonds. The van der Waals surface area contributed by atoms with E-state index in [9.17, 15) is 14.4 Å². The Morgan fingerprint density at radius 3 is 2.54 bits per heavy atom. The van der Waals surface area contributed by atoms with E-state index >= 15 is 0 Å². The summed E-state index contributed by atoms with van der Waals surface area (Å²) in [5, 5.41) is 0. The van der Waals surface area contributed by atoms with Gasteiger partial charge in [0.1, 0.15) is 12.3 Å². The van der Waals surface area contributed by atoms with Gasteiger partial charge in [0.2, 0.25) is 17.7 Å². The van der Waals surface area contributed by atoms with Gasteiger partial charge in [-0.3, -0.25) is 19.3 Å². The van der Waals surface area contributed by atoms with E-state index in [-0.39, 0.29) is 54.0 Å². The molecule has 2 aliphatic heterocycles. The summed E-state index contributed by atoms with van der Waals surface area (Å²) in [6.45, 7) is 0.515. The van der Waals surface area contributed by atoms with Crippen molar-refractivity contribution < 1.29 is 19.1 Å². The van der Waals surface area contributed by atoms with Crippen LogP contribution in [0.1, 0.15) is 30.9 Å². The minimum atomic E-state index is -0.247. The first-order valence-electron chi connectivity index (χ1n) is 10.1. The van der Waals surface area contributed by atoms with Crippen molar-refractivity contribution in [3.05, 3.63) is 42.0 Å². The first-order chi connectivity index (χ1) is 13.6. The Balaban J connectivity index is 1.33. The summed E-state index contributed by atoms with van der Waals surface area (Å²) in [5.74, 6) is 0.149. The molecule has 3 fully saturated rings. The van der Waals surface area contributed by atoms with Crippen LogP contribution in [0.5, 0.6) is 5.75 Å². The number of amides is 3. The molecule has 2 saturated heterocycles. The van der Waals surface area contributed by atoms with E-state index < -0.39 is 0 Å². The number of hydrogen-bond acceptors (Lipinski definition) is 4. The Morgan fingerprint density at radius 2 is 1.86 bits per heavy atom. The fourth-order valence-electron chi connectivity index (χ4n) is 5.61. The number of carbonyl (C=O) groups excluding carboxylic acids is 3. The van der Waals surface area contributed by atoms with E-state index in [1.165, 1.54) is 4.90 Å². The van der Waals surface area contributed by atoms with Gasteiger partial charge in [-0.1, -0.05) is 24.3 Å². The van der Waals surface area contributed by atoms with Crippen molar-refractivity contribution >= 4 is 17.7 Å². The third-order valence-electron chi connectivity index (χ3n) is 6.91. The van der Waals surface area contributed by atoms with Crippen molar-refractivity contribution in [2.75, 3.05) is 20.2 Å². The lowest BCUT2D eigenvalue weighted by molar-refractivity contribution is -0.147. The van der Waals surface area contributed by atoms with Crippen LogP contribution in [0.3, 0.4) is 0 Å². The summed E-state index contributed by atoms with van der Waals surface area (Å²) in [4.78, 5) is 41.8. The first kappa shape index (κ1) is 17.5. The SMILES string of the molecule is COc1cccc(C2CCCN2C(=O)CN2C(=O)C3C4C=CC(C4)C3C2=O)c1. The van der Waals surface area contributed by atoms with Crippen LogP contribution >= 0.6 is 0 Å². The van der Waals surface area contributed by atoms with Gasteiger partial charge >= 0.3 is 0 Å². The van der Waals surface area contributed by atoms with Crippen LogP contribution in [-0.2, 0) is 14.4 Å². The molecule has 5 rings (SSSR count). The molecule has 1 saturated carbocycles. The summed E-state index contributed by atoms with van der Waals surface area (Å²) < 4.78 is 5.31. The van der Waals surface area contributed by atoms with E-state index in [0.29, 0.717) is 6.54 Å². The van der Waals surface area contributed by atoms with Crippen molar-refractivity contribution in [3.63, 3.8) is 0 Å². The molecule has 146 valence electrons. The number of hydrogen-bond donors (Lipinski definition) is 0. The molecule has 0 N–H and O–H groups in total. The maximum absolute atomic E-state index is 13.1. The summed E-state index contributed by atoms with van der Waals surface area (Å²) in [5.41, 5.74) is 1.03. The molecule has 2 bridgehead atoms. The maximum atomic E-state index is 13.1.